The van der Waals surface area contributed by atoms with Crippen LogP contribution in [-0.2, 0) is 0 Å². The molecule has 1 aliphatic rings. The van der Waals surface area contributed by atoms with Gasteiger partial charge in [-0.15, -0.1) is 4.91 Å². The van der Waals surface area contributed by atoms with Gasteiger partial charge in [0.1, 0.15) is 18.9 Å². The van der Waals surface area contributed by atoms with Gasteiger partial charge in [0.05, 0.1) is 5.56 Å². The average molecular weight is 339 g/mol. The Morgan fingerprint density at radius 2 is 1.68 bits per heavy atom. The van der Waals surface area contributed by atoms with E-state index in [0.717, 1.165) is 5.56 Å². The van der Waals surface area contributed by atoms with Crippen molar-refractivity contribution in [1.29, 1.82) is 0 Å². The van der Waals surface area contributed by atoms with Crippen molar-refractivity contribution in [3.63, 3.8) is 0 Å². The Morgan fingerprint density at radius 1 is 1.00 bits per heavy atom. The summed E-state index contributed by atoms with van der Waals surface area (Å²) in [5.41, 5.74) is 1.70. The Bertz CT molecular complexity index is 844. The second-order valence-electron chi connectivity index (χ2n) is 5.82. The quantitative estimate of drug-likeness (QED) is 0.586. The molecule has 3 rings (SSSR count). The number of carbonyl (C=O) groups excluding carboxylic acids is 2. The molecule has 0 saturated carbocycles. The maximum absolute atomic E-state index is 12.5. The van der Waals surface area contributed by atoms with E-state index >= 15 is 0 Å². The molecule has 0 aliphatic carbocycles. The zero-order valence-electron chi connectivity index (χ0n) is 13.8. The van der Waals surface area contributed by atoms with Gasteiger partial charge < -0.3 is 9.47 Å². The van der Waals surface area contributed by atoms with E-state index in [-0.39, 0.29) is 35.7 Å². The molecule has 0 radical (unpaired) electrons. The molecule has 0 bridgehead atoms. The van der Waals surface area contributed by atoms with Gasteiger partial charge in [-0.3, -0.25) is 9.59 Å². The van der Waals surface area contributed by atoms with Crippen LogP contribution in [-0.4, -0.2) is 24.8 Å². The molecule has 0 aromatic heterocycles. The largest absolute Gasteiger partial charge is 0.486 e. The Balaban J connectivity index is 1.75. The van der Waals surface area contributed by atoms with Gasteiger partial charge in [-0.05, 0) is 24.2 Å². The Kier molecular flexibility index (Phi) is 4.88. The number of nitrogens with zero attached hydrogens (tertiary/aromatic N) is 1. The summed E-state index contributed by atoms with van der Waals surface area (Å²) in [6, 6.07) is 10.1. The topological polar surface area (TPSA) is 82.0 Å². The second kappa shape index (κ2) is 7.25. The fraction of sp³-hybridized carbons (Fsp3) is 0.263. The molecular formula is C19H17NO5. The highest BCUT2D eigenvalue weighted by Crippen LogP contribution is 2.37. The SMILES string of the molecule is Cc1cccc(C(=O)CCC(=O)c2cc3c(cc2N=O)OCCO3)c1. The number of hydrogen-bond acceptors (Lipinski definition) is 6. The fourth-order valence-corrected chi connectivity index (χ4v) is 2.70. The minimum Gasteiger partial charge on any atom is -0.486 e. The normalized spacial score (nSPS) is 12.5. The number of ether oxygens (including phenoxy) is 2. The Morgan fingerprint density at radius 3 is 2.36 bits per heavy atom. The molecule has 6 heteroatoms. The smallest absolute Gasteiger partial charge is 0.165 e. The van der Waals surface area contributed by atoms with Gasteiger partial charge >= 0.3 is 0 Å². The summed E-state index contributed by atoms with van der Waals surface area (Å²) in [4.78, 5) is 35.8. The van der Waals surface area contributed by atoms with Crippen molar-refractivity contribution in [2.24, 2.45) is 5.18 Å². The van der Waals surface area contributed by atoms with Crippen molar-refractivity contribution >= 4 is 17.3 Å². The van der Waals surface area contributed by atoms with Gasteiger partial charge in [0, 0.05) is 24.5 Å². The first kappa shape index (κ1) is 16.8. The van der Waals surface area contributed by atoms with Crippen LogP contribution in [0.1, 0.15) is 39.1 Å². The first-order valence-corrected chi connectivity index (χ1v) is 7.98. The van der Waals surface area contributed by atoms with Gasteiger partial charge in [-0.1, -0.05) is 23.8 Å². The monoisotopic (exact) mass is 339 g/mol. The van der Waals surface area contributed by atoms with Crippen molar-refractivity contribution in [2.75, 3.05) is 13.2 Å². The van der Waals surface area contributed by atoms with Crippen molar-refractivity contribution in [3.05, 3.63) is 58.0 Å². The molecule has 128 valence electrons. The summed E-state index contributed by atoms with van der Waals surface area (Å²) in [5, 5.41) is 2.91. The summed E-state index contributed by atoms with van der Waals surface area (Å²) >= 11 is 0. The van der Waals surface area contributed by atoms with E-state index in [9.17, 15) is 14.5 Å². The van der Waals surface area contributed by atoms with Crippen molar-refractivity contribution in [2.45, 2.75) is 19.8 Å². The van der Waals surface area contributed by atoms with Crippen LogP contribution in [0.15, 0.2) is 41.6 Å². The molecule has 1 heterocycles. The fourth-order valence-electron chi connectivity index (χ4n) is 2.70. The number of aryl methyl sites for hydroxylation is 1. The lowest BCUT2D eigenvalue weighted by Crippen LogP contribution is -2.16. The van der Waals surface area contributed by atoms with E-state index in [1.54, 1.807) is 18.2 Å². The molecule has 2 aromatic rings. The lowest BCUT2D eigenvalue weighted by Gasteiger charge is -2.19. The third kappa shape index (κ3) is 3.74. The number of nitroso groups, excluding NO2 is 1. The van der Waals surface area contributed by atoms with Crippen LogP contribution in [0.2, 0.25) is 0 Å². The Hall–Kier alpha value is -3.02. The van der Waals surface area contributed by atoms with E-state index in [2.05, 4.69) is 5.18 Å². The zero-order valence-corrected chi connectivity index (χ0v) is 13.8. The van der Waals surface area contributed by atoms with E-state index in [1.807, 2.05) is 13.0 Å². The molecule has 0 unspecified atom stereocenters. The highest BCUT2D eigenvalue weighted by molar-refractivity contribution is 6.05. The number of benzene rings is 2. The highest BCUT2D eigenvalue weighted by atomic mass is 16.6. The van der Waals surface area contributed by atoms with Crippen LogP contribution in [0.3, 0.4) is 0 Å². The van der Waals surface area contributed by atoms with Crippen LogP contribution in [0, 0.1) is 11.8 Å². The van der Waals surface area contributed by atoms with E-state index < -0.39 is 0 Å². The van der Waals surface area contributed by atoms with Crippen LogP contribution in [0.25, 0.3) is 0 Å². The maximum atomic E-state index is 12.5. The first-order valence-electron chi connectivity index (χ1n) is 7.98. The van der Waals surface area contributed by atoms with Crippen LogP contribution in [0.4, 0.5) is 5.69 Å². The molecule has 25 heavy (non-hydrogen) atoms. The minimum absolute atomic E-state index is 0.00254. The summed E-state index contributed by atoms with van der Waals surface area (Å²) in [6.07, 6.45) is 0.0595. The standard InChI is InChI=1S/C19H17NO5/c1-12-3-2-4-13(9-12)16(21)5-6-17(22)14-10-18-19(11-15(14)20-23)25-8-7-24-18/h2-4,9-11H,5-8H2,1H3. The van der Waals surface area contributed by atoms with Gasteiger partial charge in [-0.25, -0.2) is 0 Å². The van der Waals surface area contributed by atoms with Gasteiger partial charge in [0.15, 0.2) is 23.1 Å². The van der Waals surface area contributed by atoms with Crippen molar-refractivity contribution < 1.29 is 19.1 Å². The number of hydrogen-bond donors (Lipinski definition) is 0. The number of ketones is 2. The highest BCUT2D eigenvalue weighted by Gasteiger charge is 2.21. The number of rotatable bonds is 6. The van der Waals surface area contributed by atoms with Crippen LogP contribution in [0.5, 0.6) is 11.5 Å². The van der Waals surface area contributed by atoms with Crippen molar-refractivity contribution in [3.8, 4) is 11.5 Å². The van der Waals surface area contributed by atoms with Crippen LogP contribution >= 0.6 is 0 Å². The summed E-state index contributed by atoms with van der Waals surface area (Å²) < 4.78 is 10.8. The van der Waals surface area contributed by atoms with Gasteiger partial charge in [-0.2, -0.15) is 0 Å². The Labute approximate surface area is 144 Å². The number of fused-ring (bicyclic) bond motifs is 1. The molecule has 0 atom stereocenters. The summed E-state index contributed by atoms with van der Waals surface area (Å²) in [7, 11) is 0. The number of carbonyl (C=O) groups is 2. The molecule has 0 spiro atoms. The molecule has 1 aliphatic heterocycles. The van der Waals surface area contributed by atoms with E-state index in [0.29, 0.717) is 30.3 Å². The first-order chi connectivity index (χ1) is 12.1. The number of Topliss-reactive ketones (excluding diaryl/α,β-unsaturated/α-hetero) is 2. The summed E-state index contributed by atoms with van der Waals surface area (Å²) in [5.74, 6) is 0.364. The average Bonchev–Trinajstić information content (AvgIpc) is 2.64. The summed E-state index contributed by atoms with van der Waals surface area (Å²) in [6.45, 7) is 2.66. The molecule has 0 amide bonds. The molecule has 2 aromatic carbocycles. The van der Waals surface area contributed by atoms with E-state index in [1.165, 1.54) is 12.1 Å². The lowest BCUT2D eigenvalue weighted by molar-refractivity contribution is 0.0917. The van der Waals surface area contributed by atoms with Gasteiger partial charge in [0.25, 0.3) is 0 Å². The predicted octanol–water partition coefficient (Wildman–Crippen LogP) is 4.01. The zero-order chi connectivity index (χ0) is 17.8. The molecule has 0 saturated heterocycles. The third-order valence-corrected chi connectivity index (χ3v) is 3.98. The molecule has 6 nitrogen and oxygen atoms in total. The third-order valence-electron chi connectivity index (χ3n) is 3.98. The minimum atomic E-state index is -0.326. The van der Waals surface area contributed by atoms with Crippen LogP contribution < -0.4 is 9.47 Å². The maximum Gasteiger partial charge on any atom is 0.165 e. The van der Waals surface area contributed by atoms with Crippen molar-refractivity contribution in [1.82, 2.24) is 0 Å². The van der Waals surface area contributed by atoms with E-state index in [4.69, 9.17) is 9.47 Å². The molecular weight excluding hydrogens is 322 g/mol. The predicted molar refractivity (Wildman–Crippen MR) is 92.0 cm³/mol. The molecule has 0 N–H and O–H groups in total. The molecule has 0 fully saturated rings. The second-order valence-corrected chi connectivity index (χ2v) is 5.82. The lowest BCUT2D eigenvalue weighted by atomic mass is 9.99. The van der Waals surface area contributed by atoms with Gasteiger partial charge in [0.2, 0.25) is 0 Å².